The molecule has 1 atom stereocenters. The van der Waals surface area contributed by atoms with Gasteiger partial charge in [-0.3, -0.25) is 0 Å². The van der Waals surface area contributed by atoms with Crippen LogP contribution < -0.4 is 10.1 Å². The van der Waals surface area contributed by atoms with Gasteiger partial charge in [-0.2, -0.15) is 0 Å². The summed E-state index contributed by atoms with van der Waals surface area (Å²) in [7, 11) is 0. The highest BCUT2D eigenvalue weighted by Crippen LogP contribution is 2.23. The molecule has 0 aliphatic rings. The van der Waals surface area contributed by atoms with Crippen LogP contribution in [0, 0.1) is 13.8 Å². The highest BCUT2D eigenvalue weighted by molar-refractivity contribution is 5.39. The lowest BCUT2D eigenvalue weighted by Gasteiger charge is -2.29. The van der Waals surface area contributed by atoms with E-state index in [-0.39, 0.29) is 12.1 Å². The first kappa shape index (κ1) is 15.0. The van der Waals surface area contributed by atoms with Gasteiger partial charge in [0.1, 0.15) is 12.4 Å². The van der Waals surface area contributed by atoms with Crippen LogP contribution in [0.3, 0.4) is 0 Å². The van der Waals surface area contributed by atoms with E-state index in [0.717, 1.165) is 29.8 Å². The maximum atomic E-state index is 9.49. The van der Waals surface area contributed by atoms with Gasteiger partial charge in [-0.15, -0.1) is 0 Å². The van der Waals surface area contributed by atoms with Crippen LogP contribution in [0.2, 0.25) is 0 Å². The Hall–Kier alpha value is -1.06. The molecular formula is C15H25NO2. The number of nitrogens with one attached hydrogen (secondary N) is 1. The molecule has 1 rings (SSSR count). The van der Waals surface area contributed by atoms with Crippen LogP contribution >= 0.6 is 0 Å². The summed E-state index contributed by atoms with van der Waals surface area (Å²) in [5.74, 6) is 0.926. The van der Waals surface area contributed by atoms with Crippen LogP contribution in [0.4, 0.5) is 0 Å². The summed E-state index contributed by atoms with van der Waals surface area (Å²) in [4.78, 5) is 0. The molecule has 0 bridgehead atoms. The van der Waals surface area contributed by atoms with E-state index >= 15 is 0 Å². The minimum Gasteiger partial charge on any atom is -0.491 e. The molecule has 0 heterocycles. The van der Waals surface area contributed by atoms with E-state index < -0.39 is 0 Å². The average Bonchev–Trinajstić information content (AvgIpc) is 2.36. The lowest BCUT2D eigenvalue weighted by Crippen LogP contribution is -2.50. The second-order valence-corrected chi connectivity index (χ2v) is 5.16. The first-order valence-corrected chi connectivity index (χ1v) is 6.57. The van der Waals surface area contributed by atoms with Gasteiger partial charge in [0.15, 0.2) is 0 Å². The van der Waals surface area contributed by atoms with Crippen LogP contribution in [0.15, 0.2) is 18.2 Å². The van der Waals surface area contributed by atoms with Crippen molar-refractivity contribution in [3.63, 3.8) is 0 Å². The fourth-order valence-electron chi connectivity index (χ4n) is 1.84. The van der Waals surface area contributed by atoms with E-state index in [1.54, 1.807) is 0 Å². The molecule has 3 heteroatoms. The molecule has 0 aliphatic carbocycles. The first-order chi connectivity index (χ1) is 8.52. The molecule has 0 radical (unpaired) electrons. The van der Waals surface area contributed by atoms with Crippen molar-refractivity contribution in [1.82, 2.24) is 5.32 Å². The van der Waals surface area contributed by atoms with Crippen molar-refractivity contribution in [2.75, 3.05) is 19.8 Å². The summed E-state index contributed by atoms with van der Waals surface area (Å²) in [6.07, 6.45) is 1.04. The molecule has 3 nitrogen and oxygen atoms in total. The highest BCUT2D eigenvalue weighted by Gasteiger charge is 2.23. The Labute approximate surface area is 110 Å². The Morgan fingerprint density at radius 2 is 1.89 bits per heavy atom. The van der Waals surface area contributed by atoms with Crippen LogP contribution in [0.5, 0.6) is 5.75 Å². The van der Waals surface area contributed by atoms with E-state index in [4.69, 9.17) is 4.74 Å². The maximum absolute atomic E-state index is 9.49. The van der Waals surface area contributed by atoms with E-state index in [9.17, 15) is 5.11 Å². The standard InChI is InChI=1S/C15H25NO2/c1-5-9-16-15(4,10-17)11-18-14-12(2)7-6-8-13(14)3/h6-8,16-17H,5,9-11H2,1-4H3. The molecule has 1 aromatic rings. The minimum absolute atomic E-state index is 0.0674. The molecular weight excluding hydrogens is 226 g/mol. The van der Waals surface area contributed by atoms with Crippen molar-refractivity contribution < 1.29 is 9.84 Å². The third-order valence-corrected chi connectivity index (χ3v) is 3.09. The van der Waals surface area contributed by atoms with Gasteiger partial charge in [0.25, 0.3) is 0 Å². The Kier molecular flexibility index (Phi) is 5.63. The SMILES string of the molecule is CCCNC(C)(CO)COc1c(C)cccc1C. The fourth-order valence-corrected chi connectivity index (χ4v) is 1.84. The minimum atomic E-state index is -0.384. The Bertz CT molecular complexity index is 359. The molecule has 1 unspecified atom stereocenters. The van der Waals surface area contributed by atoms with Crippen molar-refractivity contribution in [2.45, 2.75) is 39.7 Å². The number of hydrogen-bond donors (Lipinski definition) is 2. The van der Waals surface area contributed by atoms with E-state index in [1.165, 1.54) is 0 Å². The second kappa shape index (κ2) is 6.76. The van der Waals surface area contributed by atoms with Crippen LogP contribution in [-0.2, 0) is 0 Å². The van der Waals surface area contributed by atoms with Crippen molar-refractivity contribution in [3.8, 4) is 5.75 Å². The smallest absolute Gasteiger partial charge is 0.125 e. The van der Waals surface area contributed by atoms with Gasteiger partial charge in [-0.05, 0) is 44.9 Å². The van der Waals surface area contributed by atoms with Crippen molar-refractivity contribution in [1.29, 1.82) is 0 Å². The van der Waals surface area contributed by atoms with E-state index in [1.807, 2.05) is 39.0 Å². The number of para-hydroxylation sites is 1. The molecule has 2 N–H and O–H groups in total. The lowest BCUT2D eigenvalue weighted by molar-refractivity contribution is 0.115. The van der Waals surface area contributed by atoms with Crippen molar-refractivity contribution in [3.05, 3.63) is 29.3 Å². The predicted octanol–water partition coefficient (Wildman–Crippen LogP) is 2.43. The third kappa shape index (κ3) is 4.00. The average molecular weight is 251 g/mol. The molecule has 0 saturated heterocycles. The summed E-state index contributed by atoms with van der Waals surface area (Å²) in [6, 6.07) is 6.11. The molecule has 102 valence electrons. The lowest BCUT2D eigenvalue weighted by atomic mass is 10.0. The van der Waals surface area contributed by atoms with Crippen LogP contribution in [0.25, 0.3) is 0 Å². The van der Waals surface area contributed by atoms with Gasteiger partial charge in [0, 0.05) is 0 Å². The normalized spacial score (nSPS) is 14.3. The molecule has 0 aliphatic heterocycles. The van der Waals surface area contributed by atoms with Crippen molar-refractivity contribution in [2.24, 2.45) is 0 Å². The summed E-state index contributed by atoms with van der Waals surface area (Å²) in [5, 5.41) is 12.8. The largest absolute Gasteiger partial charge is 0.491 e. The number of rotatable bonds is 7. The molecule has 1 aromatic carbocycles. The quantitative estimate of drug-likeness (QED) is 0.782. The maximum Gasteiger partial charge on any atom is 0.125 e. The van der Waals surface area contributed by atoms with Crippen LogP contribution in [0.1, 0.15) is 31.4 Å². The molecule has 0 amide bonds. The van der Waals surface area contributed by atoms with Crippen LogP contribution in [-0.4, -0.2) is 30.4 Å². The van der Waals surface area contributed by atoms with Gasteiger partial charge >= 0.3 is 0 Å². The van der Waals surface area contributed by atoms with Crippen molar-refractivity contribution >= 4 is 0 Å². The Balaban J connectivity index is 2.67. The first-order valence-electron chi connectivity index (χ1n) is 6.57. The Morgan fingerprint density at radius 1 is 1.28 bits per heavy atom. The summed E-state index contributed by atoms with van der Waals surface area (Å²) >= 11 is 0. The van der Waals surface area contributed by atoms with Gasteiger partial charge in [0.2, 0.25) is 0 Å². The number of aliphatic hydroxyl groups is 1. The summed E-state index contributed by atoms with van der Waals surface area (Å²) in [6.45, 7) is 9.59. The zero-order valence-electron chi connectivity index (χ0n) is 11.9. The molecule has 0 saturated carbocycles. The zero-order valence-corrected chi connectivity index (χ0v) is 11.9. The summed E-state index contributed by atoms with van der Waals surface area (Å²) in [5.41, 5.74) is 1.88. The van der Waals surface area contributed by atoms with Gasteiger partial charge in [-0.25, -0.2) is 0 Å². The monoisotopic (exact) mass is 251 g/mol. The molecule has 0 fully saturated rings. The molecule has 18 heavy (non-hydrogen) atoms. The third-order valence-electron chi connectivity index (χ3n) is 3.09. The van der Waals surface area contributed by atoms with Gasteiger partial charge in [-0.1, -0.05) is 25.1 Å². The predicted molar refractivity (Wildman–Crippen MR) is 75.2 cm³/mol. The second-order valence-electron chi connectivity index (χ2n) is 5.16. The van der Waals surface area contributed by atoms with Gasteiger partial charge in [0.05, 0.1) is 12.1 Å². The number of hydrogen-bond acceptors (Lipinski definition) is 3. The summed E-state index contributed by atoms with van der Waals surface area (Å²) < 4.78 is 5.90. The zero-order chi connectivity index (χ0) is 13.6. The van der Waals surface area contributed by atoms with Gasteiger partial charge < -0.3 is 15.2 Å². The number of benzene rings is 1. The molecule has 0 spiro atoms. The van der Waals surface area contributed by atoms with E-state index in [0.29, 0.717) is 6.61 Å². The molecule has 0 aromatic heterocycles. The number of ether oxygens (including phenoxy) is 1. The Morgan fingerprint density at radius 3 is 2.39 bits per heavy atom. The highest BCUT2D eigenvalue weighted by atomic mass is 16.5. The topological polar surface area (TPSA) is 41.5 Å². The number of aliphatic hydroxyl groups excluding tert-OH is 1. The number of aryl methyl sites for hydroxylation is 2. The van der Waals surface area contributed by atoms with E-state index in [2.05, 4.69) is 12.2 Å². The fraction of sp³-hybridized carbons (Fsp3) is 0.600.